The minimum absolute atomic E-state index is 0.0108. The van der Waals surface area contributed by atoms with Gasteiger partial charge >= 0.3 is 5.76 Å². The van der Waals surface area contributed by atoms with Crippen LogP contribution in [0.1, 0.15) is 0 Å². The van der Waals surface area contributed by atoms with E-state index >= 15 is 0 Å². The van der Waals surface area contributed by atoms with Gasteiger partial charge in [-0.2, -0.15) is 0 Å². The summed E-state index contributed by atoms with van der Waals surface area (Å²) in [7, 11) is 1.76. The van der Waals surface area contributed by atoms with Gasteiger partial charge in [-0.15, -0.1) is 0 Å². The van der Waals surface area contributed by atoms with Gasteiger partial charge in [0.15, 0.2) is 0 Å². The molecule has 1 N–H and O–H groups in total. The topological polar surface area (TPSA) is 108 Å². The van der Waals surface area contributed by atoms with Crippen molar-refractivity contribution < 1.29 is 18.3 Å². The van der Waals surface area contributed by atoms with E-state index < -0.39 is 11.6 Å². The van der Waals surface area contributed by atoms with Gasteiger partial charge in [0.25, 0.3) is 5.88 Å². The molecule has 0 aliphatic heterocycles. The Morgan fingerprint density at radius 1 is 1.38 bits per heavy atom. The van der Waals surface area contributed by atoms with Crippen LogP contribution in [-0.2, 0) is 0 Å². The van der Waals surface area contributed by atoms with Crippen molar-refractivity contribution in [1.82, 2.24) is 25.4 Å². The van der Waals surface area contributed by atoms with Crippen molar-refractivity contribution in [3.63, 3.8) is 0 Å². The molecule has 0 unspecified atom stereocenters. The molecule has 0 bridgehead atoms. The van der Waals surface area contributed by atoms with Gasteiger partial charge in [0.2, 0.25) is 11.5 Å². The first-order chi connectivity index (χ1) is 11.6. The Bertz CT molecular complexity index is 906. The minimum atomic E-state index is -0.808. The number of nitrogens with zero attached hydrogens (tertiary/aromatic N) is 4. The van der Waals surface area contributed by atoms with Crippen LogP contribution in [0.5, 0.6) is 5.88 Å². The largest absolute Gasteiger partial charge is 0.472 e. The van der Waals surface area contributed by atoms with Crippen LogP contribution in [0.4, 0.5) is 4.39 Å². The number of ether oxygens (including phenoxy) is 1. The maximum absolute atomic E-state index is 13.3. The maximum atomic E-state index is 13.3. The van der Waals surface area contributed by atoms with Crippen LogP contribution in [0.25, 0.3) is 17.2 Å². The second-order valence-electron chi connectivity index (χ2n) is 4.58. The Labute approximate surface area is 138 Å². The SMILES string of the molecule is CNCCOc1nonc1-c1noc(=O)n1-c1ccc(F)c(Cl)c1. The van der Waals surface area contributed by atoms with E-state index in [4.69, 9.17) is 16.3 Å². The molecule has 9 nitrogen and oxygen atoms in total. The molecule has 0 atom stereocenters. The Morgan fingerprint density at radius 3 is 2.96 bits per heavy atom. The fourth-order valence-corrected chi connectivity index (χ4v) is 2.09. The van der Waals surface area contributed by atoms with Crippen LogP contribution in [0, 0.1) is 5.82 Å². The van der Waals surface area contributed by atoms with E-state index in [-0.39, 0.29) is 28.1 Å². The Morgan fingerprint density at radius 2 is 2.21 bits per heavy atom. The third kappa shape index (κ3) is 3.01. The lowest BCUT2D eigenvalue weighted by atomic mass is 10.3. The molecule has 0 aliphatic rings. The van der Waals surface area contributed by atoms with Crippen molar-refractivity contribution in [2.75, 3.05) is 20.2 Å². The van der Waals surface area contributed by atoms with Crippen molar-refractivity contribution in [2.45, 2.75) is 0 Å². The van der Waals surface area contributed by atoms with Gasteiger partial charge in [-0.3, -0.25) is 4.52 Å². The Balaban J connectivity index is 2.04. The molecule has 3 aromatic rings. The van der Waals surface area contributed by atoms with E-state index in [1.165, 1.54) is 12.1 Å². The number of aromatic nitrogens is 4. The van der Waals surface area contributed by atoms with Gasteiger partial charge in [-0.25, -0.2) is 18.4 Å². The highest BCUT2D eigenvalue weighted by molar-refractivity contribution is 6.30. The highest BCUT2D eigenvalue weighted by Gasteiger charge is 2.24. The number of halogens is 2. The van der Waals surface area contributed by atoms with Gasteiger partial charge in [-0.1, -0.05) is 16.8 Å². The van der Waals surface area contributed by atoms with Gasteiger partial charge in [0, 0.05) is 6.54 Å². The quantitative estimate of drug-likeness (QED) is 0.658. The van der Waals surface area contributed by atoms with E-state index in [0.29, 0.717) is 13.2 Å². The van der Waals surface area contributed by atoms with Crippen LogP contribution >= 0.6 is 11.6 Å². The number of rotatable bonds is 6. The second kappa shape index (κ2) is 6.81. The van der Waals surface area contributed by atoms with E-state index in [0.717, 1.165) is 10.6 Å². The molecule has 11 heteroatoms. The lowest BCUT2D eigenvalue weighted by molar-refractivity contribution is 0.256. The summed E-state index contributed by atoms with van der Waals surface area (Å²) in [5.74, 6) is -1.40. The molecule has 3 rings (SSSR count). The molecular weight excluding hydrogens is 345 g/mol. The lowest BCUT2D eigenvalue weighted by Crippen LogP contribution is -2.17. The van der Waals surface area contributed by atoms with Gasteiger partial charge in [0.1, 0.15) is 12.4 Å². The van der Waals surface area contributed by atoms with Gasteiger partial charge in [-0.05, 0) is 35.6 Å². The number of hydrogen-bond donors (Lipinski definition) is 1. The predicted molar refractivity (Wildman–Crippen MR) is 79.8 cm³/mol. The first kappa shape index (κ1) is 16.1. The van der Waals surface area contributed by atoms with Gasteiger partial charge in [0.05, 0.1) is 10.7 Å². The fraction of sp³-hybridized carbons (Fsp3) is 0.231. The number of benzene rings is 1. The summed E-state index contributed by atoms with van der Waals surface area (Å²) in [6.45, 7) is 0.855. The maximum Gasteiger partial charge on any atom is 0.446 e. The van der Waals surface area contributed by atoms with Crippen molar-refractivity contribution in [1.29, 1.82) is 0 Å². The first-order valence-electron chi connectivity index (χ1n) is 6.76. The molecular formula is C13H11ClFN5O4. The summed E-state index contributed by atoms with van der Waals surface area (Å²) >= 11 is 5.76. The predicted octanol–water partition coefficient (Wildman–Crippen LogP) is 1.27. The molecule has 0 saturated carbocycles. The summed E-state index contributed by atoms with van der Waals surface area (Å²) < 4.78 is 29.1. The van der Waals surface area contributed by atoms with Crippen molar-refractivity contribution in [3.8, 4) is 23.1 Å². The van der Waals surface area contributed by atoms with Crippen LogP contribution in [0.3, 0.4) is 0 Å². The van der Waals surface area contributed by atoms with Crippen molar-refractivity contribution in [2.24, 2.45) is 0 Å². The molecule has 0 spiro atoms. The summed E-state index contributed by atoms with van der Waals surface area (Å²) in [6, 6.07) is 3.72. The monoisotopic (exact) mass is 355 g/mol. The van der Waals surface area contributed by atoms with Crippen LogP contribution < -0.4 is 15.8 Å². The Kier molecular flexibility index (Phi) is 4.58. The van der Waals surface area contributed by atoms with Crippen LogP contribution in [-0.4, -0.2) is 40.2 Å². The zero-order chi connectivity index (χ0) is 17.1. The second-order valence-corrected chi connectivity index (χ2v) is 4.98. The number of hydrogen-bond acceptors (Lipinski definition) is 8. The first-order valence-corrected chi connectivity index (χ1v) is 7.14. The zero-order valence-corrected chi connectivity index (χ0v) is 13.1. The standard InChI is InChI=1S/C13H11ClFN5O4/c1-16-4-5-22-12-10(17-24-19-12)11-18-23-13(21)20(11)7-2-3-9(15)8(14)6-7/h2-3,6,16H,4-5H2,1H3. The average molecular weight is 356 g/mol. The summed E-state index contributed by atoms with van der Waals surface area (Å²) in [5, 5.41) is 13.7. The molecule has 0 saturated heterocycles. The highest BCUT2D eigenvalue weighted by Crippen LogP contribution is 2.27. The van der Waals surface area contributed by atoms with Crippen molar-refractivity contribution in [3.05, 3.63) is 39.6 Å². The smallest absolute Gasteiger partial charge is 0.446 e. The number of likely N-dealkylation sites (N-methyl/N-ethyl adjacent to an activating group) is 1. The number of nitrogens with one attached hydrogen (secondary N) is 1. The zero-order valence-electron chi connectivity index (χ0n) is 12.3. The van der Waals surface area contributed by atoms with E-state index in [2.05, 4.69) is 29.9 Å². The molecule has 1 aromatic carbocycles. The van der Waals surface area contributed by atoms with E-state index in [1.807, 2.05) is 0 Å². The van der Waals surface area contributed by atoms with Gasteiger partial charge < -0.3 is 10.1 Å². The third-order valence-electron chi connectivity index (χ3n) is 3.03. The lowest BCUT2D eigenvalue weighted by Gasteiger charge is -2.05. The van der Waals surface area contributed by atoms with E-state index in [9.17, 15) is 9.18 Å². The van der Waals surface area contributed by atoms with Crippen LogP contribution in [0.15, 0.2) is 32.1 Å². The molecule has 2 heterocycles. The summed E-state index contributed by atoms with van der Waals surface area (Å²) in [4.78, 5) is 12.0. The Hall–Kier alpha value is -2.72. The average Bonchev–Trinajstić information content (AvgIpc) is 3.17. The minimum Gasteiger partial charge on any atom is -0.472 e. The molecule has 24 heavy (non-hydrogen) atoms. The summed E-state index contributed by atoms with van der Waals surface area (Å²) in [6.07, 6.45) is 0. The molecule has 0 radical (unpaired) electrons. The molecule has 2 aromatic heterocycles. The highest BCUT2D eigenvalue weighted by atomic mass is 35.5. The molecule has 0 aliphatic carbocycles. The summed E-state index contributed by atoms with van der Waals surface area (Å²) in [5.41, 5.74) is 0.309. The van der Waals surface area contributed by atoms with Crippen molar-refractivity contribution >= 4 is 11.6 Å². The van der Waals surface area contributed by atoms with E-state index in [1.54, 1.807) is 7.05 Å². The molecule has 0 amide bonds. The fourth-order valence-electron chi connectivity index (χ4n) is 1.91. The molecule has 0 fully saturated rings. The third-order valence-corrected chi connectivity index (χ3v) is 3.32. The van der Waals surface area contributed by atoms with Crippen LogP contribution in [0.2, 0.25) is 5.02 Å². The molecule has 126 valence electrons. The normalized spacial score (nSPS) is 11.0.